The maximum absolute atomic E-state index is 15.2. The fraction of sp³-hybridized carbons (Fsp3) is 0.185. The smallest absolute Gasteiger partial charge is 0.159 e. The number of halogens is 1. The highest BCUT2D eigenvalue weighted by Crippen LogP contribution is 2.34. The van der Waals surface area contributed by atoms with E-state index in [0.29, 0.717) is 22.4 Å². The molecule has 1 aliphatic rings. The third kappa shape index (κ3) is 3.68. The number of rotatable bonds is 5. The van der Waals surface area contributed by atoms with Crippen molar-refractivity contribution in [3.63, 3.8) is 0 Å². The van der Waals surface area contributed by atoms with Gasteiger partial charge >= 0.3 is 0 Å². The number of hydrogen-bond acceptors (Lipinski definition) is 6. The van der Waals surface area contributed by atoms with Gasteiger partial charge in [0.15, 0.2) is 5.82 Å². The van der Waals surface area contributed by atoms with Gasteiger partial charge in [-0.25, -0.2) is 9.37 Å². The van der Waals surface area contributed by atoms with E-state index in [9.17, 15) is 0 Å². The van der Waals surface area contributed by atoms with Crippen LogP contribution in [0.25, 0.3) is 55.8 Å². The van der Waals surface area contributed by atoms with Crippen LogP contribution in [0.3, 0.4) is 0 Å². The van der Waals surface area contributed by atoms with Crippen molar-refractivity contribution in [3.05, 3.63) is 71.1 Å². The molecular formula is C27H22FN7S. The number of H-pyrrole nitrogens is 2. The largest absolute Gasteiger partial charge is 0.336 e. The highest BCUT2D eigenvalue weighted by Gasteiger charge is 2.19. The molecule has 1 fully saturated rings. The molecule has 1 aromatic carbocycles. The van der Waals surface area contributed by atoms with Gasteiger partial charge in [0.25, 0.3) is 0 Å². The van der Waals surface area contributed by atoms with Crippen molar-refractivity contribution in [1.29, 1.82) is 0 Å². The summed E-state index contributed by atoms with van der Waals surface area (Å²) in [5, 5.41) is 12.0. The predicted molar refractivity (Wildman–Crippen MR) is 140 cm³/mol. The molecule has 0 aliphatic carbocycles. The summed E-state index contributed by atoms with van der Waals surface area (Å²) in [6, 6.07) is 9.52. The van der Waals surface area contributed by atoms with Crippen LogP contribution < -0.4 is 0 Å². The number of pyridine rings is 2. The molecule has 6 heterocycles. The summed E-state index contributed by atoms with van der Waals surface area (Å²) in [5.41, 5.74) is 7.14. The molecule has 9 heteroatoms. The first kappa shape index (κ1) is 21.3. The molecule has 36 heavy (non-hydrogen) atoms. The van der Waals surface area contributed by atoms with Crippen LogP contribution in [0.1, 0.15) is 18.4 Å². The van der Waals surface area contributed by atoms with Crippen LogP contribution in [0.4, 0.5) is 4.39 Å². The monoisotopic (exact) mass is 495 g/mol. The van der Waals surface area contributed by atoms with Gasteiger partial charge in [-0.05, 0) is 72.8 Å². The minimum atomic E-state index is -0.358. The van der Waals surface area contributed by atoms with E-state index >= 15 is 4.39 Å². The van der Waals surface area contributed by atoms with Gasteiger partial charge in [-0.2, -0.15) is 16.4 Å². The van der Waals surface area contributed by atoms with E-state index in [2.05, 4.69) is 36.1 Å². The Balaban J connectivity index is 1.31. The van der Waals surface area contributed by atoms with Crippen molar-refractivity contribution in [1.82, 2.24) is 35.0 Å². The van der Waals surface area contributed by atoms with E-state index in [1.807, 2.05) is 35.2 Å². The van der Waals surface area contributed by atoms with E-state index in [0.717, 1.165) is 58.6 Å². The number of thiophene rings is 1. The Morgan fingerprint density at radius 3 is 2.78 bits per heavy atom. The number of nitrogens with one attached hydrogen (secondary N) is 2. The molecule has 7 nitrogen and oxygen atoms in total. The summed E-state index contributed by atoms with van der Waals surface area (Å²) in [5.74, 6) is 0.209. The van der Waals surface area contributed by atoms with Gasteiger partial charge in [-0.15, -0.1) is 0 Å². The summed E-state index contributed by atoms with van der Waals surface area (Å²) in [6.07, 6.45) is 7.93. The van der Waals surface area contributed by atoms with Crippen LogP contribution in [0.2, 0.25) is 0 Å². The molecule has 178 valence electrons. The normalized spacial score (nSPS) is 14.4. The Kier molecular flexibility index (Phi) is 5.11. The minimum Gasteiger partial charge on any atom is -0.336 e. The molecule has 7 rings (SSSR count). The second-order valence-corrected chi connectivity index (χ2v) is 9.95. The Bertz CT molecular complexity index is 1700. The number of nitrogens with zero attached hydrogens (tertiary/aromatic N) is 5. The van der Waals surface area contributed by atoms with E-state index in [4.69, 9.17) is 4.98 Å². The van der Waals surface area contributed by atoms with Crippen molar-refractivity contribution in [3.8, 4) is 33.9 Å². The molecule has 0 bridgehead atoms. The van der Waals surface area contributed by atoms with E-state index in [1.165, 1.54) is 18.9 Å². The third-order valence-corrected chi connectivity index (χ3v) is 7.46. The lowest BCUT2D eigenvalue weighted by Crippen LogP contribution is -2.18. The van der Waals surface area contributed by atoms with Crippen LogP contribution in [0, 0.1) is 5.82 Å². The van der Waals surface area contributed by atoms with Crippen LogP contribution in [-0.4, -0.2) is 48.1 Å². The highest BCUT2D eigenvalue weighted by atomic mass is 32.1. The van der Waals surface area contributed by atoms with Gasteiger partial charge in [0.1, 0.15) is 22.5 Å². The van der Waals surface area contributed by atoms with E-state index in [1.54, 1.807) is 23.7 Å². The summed E-state index contributed by atoms with van der Waals surface area (Å²) in [4.78, 5) is 19.6. The summed E-state index contributed by atoms with van der Waals surface area (Å²) in [7, 11) is 0. The SMILES string of the molecule is Fc1cc(-c2cncc(CN3CCCC3)c2)cc2c(-c3nc4c(-c5ccsc5)nccc4[nH]3)n[nH]c12. The van der Waals surface area contributed by atoms with Gasteiger partial charge in [0.05, 0.1) is 11.2 Å². The maximum atomic E-state index is 15.2. The Hall–Kier alpha value is -3.95. The summed E-state index contributed by atoms with van der Waals surface area (Å²) >= 11 is 1.62. The number of benzene rings is 1. The van der Waals surface area contributed by atoms with Gasteiger partial charge in [-0.3, -0.25) is 20.0 Å². The van der Waals surface area contributed by atoms with Crippen molar-refractivity contribution in [2.45, 2.75) is 19.4 Å². The highest BCUT2D eigenvalue weighted by molar-refractivity contribution is 7.08. The first-order valence-electron chi connectivity index (χ1n) is 11.9. The van der Waals surface area contributed by atoms with Crippen molar-refractivity contribution in [2.75, 3.05) is 13.1 Å². The number of hydrogen-bond donors (Lipinski definition) is 2. The van der Waals surface area contributed by atoms with Crippen molar-refractivity contribution >= 4 is 33.3 Å². The van der Waals surface area contributed by atoms with Gasteiger partial charge in [-0.1, -0.05) is 0 Å². The molecule has 0 amide bonds. The Morgan fingerprint density at radius 2 is 1.92 bits per heavy atom. The molecule has 0 atom stereocenters. The number of likely N-dealkylation sites (tertiary alicyclic amines) is 1. The average molecular weight is 496 g/mol. The number of fused-ring (bicyclic) bond motifs is 2. The first-order chi connectivity index (χ1) is 17.7. The molecule has 2 N–H and O–H groups in total. The van der Waals surface area contributed by atoms with Crippen molar-refractivity contribution < 1.29 is 4.39 Å². The lowest BCUT2D eigenvalue weighted by molar-refractivity contribution is 0.331. The van der Waals surface area contributed by atoms with Crippen LogP contribution in [0.15, 0.2) is 59.7 Å². The van der Waals surface area contributed by atoms with Crippen LogP contribution >= 0.6 is 11.3 Å². The molecule has 0 radical (unpaired) electrons. The van der Waals surface area contributed by atoms with E-state index < -0.39 is 0 Å². The number of imidazole rings is 1. The third-order valence-electron chi connectivity index (χ3n) is 6.78. The zero-order valence-corrected chi connectivity index (χ0v) is 20.1. The second-order valence-electron chi connectivity index (χ2n) is 9.17. The van der Waals surface area contributed by atoms with Gasteiger partial charge in [0, 0.05) is 47.0 Å². The predicted octanol–water partition coefficient (Wildman–Crippen LogP) is 6.03. The second kappa shape index (κ2) is 8.61. The molecule has 0 spiro atoms. The Morgan fingerprint density at radius 1 is 1.00 bits per heavy atom. The molecule has 1 saturated heterocycles. The van der Waals surface area contributed by atoms with E-state index in [-0.39, 0.29) is 5.82 Å². The maximum Gasteiger partial charge on any atom is 0.159 e. The molecular weight excluding hydrogens is 473 g/mol. The summed E-state index contributed by atoms with van der Waals surface area (Å²) < 4.78 is 15.2. The summed E-state index contributed by atoms with van der Waals surface area (Å²) in [6.45, 7) is 3.09. The van der Waals surface area contributed by atoms with Crippen LogP contribution in [0.5, 0.6) is 0 Å². The molecule has 0 unspecified atom stereocenters. The fourth-order valence-electron chi connectivity index (χ4n) is 5.02. The minimum absolute atomic E-state index is 0.353. The number of aromatic nitrogens is 6. The quantitative estimate of drug-likeness (QED) is 0.305. The zero-order chi connectivity index (χ0) is 24.1. The number of aromatic amines is 2. The topological polar surface area (TPSA) is 86.4 Å². The van der Waals surface area contributed by atoms with Gasteiger partial charge in [0.2, 0.25) is 0 Å². The van der Waals surface area contributed by atoms with Crippen molar-refractivity contribution in [2.24, 2.45) is 0 Å². The molecule has 6 aromatic rings. The van der Waals surface area contributed by atoms with Gasteiger partial charge < -0.3 is 4.98 Å². The first-order valence-corrected chi connectivity index (χ1v) is 12.9. The lowest BCUT2D eigenvalue weighted by atomic mass is 10.0. The molecule has 0 saturated carbocycles. The molecule has 5 aromatic heterocycles. The van der Waals surface area contributed by atoms with Crippen LogP contribution in [-0.2, 0) is 6.54 Å². The molecule has 1 aliphatic heterocycles. The zero-order valence-electron chi connectivity index (χ0n) is 19.3. The average Bonchev–Trinajstić information content (AvgIpc) is 3.70. The standard InChI is InChI=1S/C27H22FN7S/c28-21-11-18(19-9-16(12-29-13-19)14-35-6-1-2-7-35)10-20-24(21)33-34-25(20)27-31-22-3-5-30-23(26(22)32-27)17-4-8-36-15-17/h3-5,8-13,15H,1-2,6-7,14H2,(H,31,32)(H,33,34). The fourth-order valence-corrected chi connectivity index (χ4v) is 5.66. The lowest BCUT2D eigenvalue weighted by Gasteiger charge is -2.14. The Labute approximate surface area is 210 Å².